The first-order valence-corrected chi connectivity index (χ1v) is 16.2. The highest BCUT2D eigenvalue weighted by Gasteiger charge is 2.62. The van der Waals surface area contributed by atoms with Gasteiger partial charge in [0.1, 0.15) is 23.2 Å². The smallest absolute Gasteiger partial charge is 0.408 e. The molecule has 0 spiro atoms. The molecule has 3 aliphatic heterocycles. The van der Waals surface area contributed by atoms with Crippen LogP contribution in [0.25, 0.3) is 0 Å². The predicted molar refractivity (Wildman–Crippen MR) is 147 cm³/mol. The second kappa shape index (κ2) is 12.2. The summed E-state index contributed by atoms with van der Waals surface area (Å²) in [5.74, 6) is -1.68. The molecule has 40 heavy (non-hydrogen) atoms. The Kier molecular flexibility index (Phi) is 9.33. The molecule has 13 heteroatoms. The molecule has 4 rings (SSSR count). The van der Waals surface area contributed by atoms with Crippen molar-refractivity contribution in [2.45, 2.75) is 121 Å². The number of hydrogen-bond acceptors (Lipinski definition) is 7. The maximum Gasteiger partial charge on any atom is 0.408 e. The number of carbonyl (C=O) groups excluding carboxylic acids is 4. The number of rotatable bonds is 4. The summed E-state index contributed by atoms with van der Waals surface area (Å²) in [6.45, 7) is 6.33. The van der Waals surface area contributed by atoms with Crippen LogP contribution >= 0.6 is 0 Å². The van der Waals surface area contributed by atoms with Gasteiger partial charge < -0.3 is 20.3 Å². The summed E-state index contributed by atoms with van der Waals surface area (Å²) < 4.78 is 34.6. The van der Waals surface area contributed by atoms with Crippen molar-refractivity contribution in [1.82, 2.24) is 24.6 Å². The molecule has 3 N–H and O–H groups in total. The number of fused-ring (bicyclic) bond motifs is 2. The van der Waals surface area contributed by atoms with E-state index in [4.69, 9.17) is 4.74 Å². The van der Waals surface area contributed by atoms with Gasteiger partial charge in [0.25, 0.3) is 5.91 Å². The van der Waals surface area contributed by atoms with Crippen LogP contribution in [0.4, 0.5) is 4.79 Å². The lowest BCUT2D eigenvalue weighted by Gasteiger charge is -2.30. The summed E-state index contributed by atoms with van der Waals surface area (Å²) in [6, 6.07) is -1.63. The van der Waals surface area contributed by atoms with E-state index in [2.05, 4.69) is 15.4 Å². The van der Waals surface area contributed by atoms with Crippen molar-refractivity contribution in [2.24, 2.45) is 5.92 Å². The van der Waals surface area contributed by atoms with E-state index >= 15 is 0 Å². The van der Waals surface area contributed by atoms with Crippen LogP contribution in [0.1, 0.15) is 97.8 Å². The van der Waals surface area contributed by atoms with Gasteiger partial charge >= 0.3 is 16.3 Å². The lowest BCUT2D eigenvalue weighted by Crippen LogP contribution is -2.59. The number of hydrogen-bond donors (Lipinski definition) is 3. The number of ether oxygens (including phenoxy) is 1. The zero-order valence-corrected chi connectivity index (χ0v) is 24.8. The largest absolute Gasteiger partial charge is 0.444 e. The zero-order valence-electron chi connectivity index (χ0n) is 24.0. The van der Waals surface area contributed by atoms with Crippen molar-refractivity contribution >= 4 is 34.0 Å². The van der Waals surface area contributed by atoms with Crippen molar-refractivity contribution < 1.29 is 32.3 Å². The maximum absolute atomic E-state index is 13.7. The Labute approximate surface area is 237 Å². The van der Waals surface area contributed by atoms with Crippen molar-refractivity contribution in [3.05, 3.63) is 0 Å². The van der Waals surface area contributed by atoms with E-state index in [1.54, 1.807) is 20.8 Å². The average molecular weight is 584 g/mol. The molecule has 1 aliphatic carbocycles. The fraction of sp³-hybridized carbons (Fsp3) is 0.852. The molecule has 3 heterocycles. The molecular weight excluding hydrogens is 538 g/mol. The van der Waals surface area contributed by atoms with Gasteiger partial charge in [-0.2, -0.15) is 12.7 Å². The molecule has 0 aromatic rings. The maximum atomic E-state index is 13.7. The van der Waals surface area contributed by atoms with Gasteiger partial charge in [-0.3, -0.25) is 14.4 Å². The van der Waals surface area contributed by atoms with E-state index in [1.165, 1.54) is 9.21 Å². The van der Waals surface area contributed by atoms with E-state index in [-0.39, 0.29) is 11.8 Å². The minimum Gasteiger partial charge on any atom is -0.444 e. The Hall–Kier alpha value is -2.41. The molecule has 0 radical (unpaired) electrons. The van der Waals surface area contributed by atoms with Gasteiger partial charge in [-0.25, -0.2) is 9.52 Å². The normalized spacial score (nSPS) is 30.8. The SMILES string of the molecule is CC(C)(C)OC(=O)N[C@H]1CCCCCCC[C@@H]2C[C@@]2(C(=O)NS(=O)(=O)N2CCCC2)NC(=O)[C@@H]2CCCN2C1=O. The fourth-order valence-corrected chi connectivity index (χ4v) is 7.43. The van der Waals surface area contributed by atoms with E-state index in [1.807, 2.05) is 0 Å². The number of amides is 4. The molecular formula is C27H45N5O7S. The Morgan fingerprint density at radius 1 is 0.925 bits per heavy atom. The van der Waals surface area contributed by atoms with Crippen molar-refractivity contribution in [3.63, 3.8) is 0 Å². The molecule has 12 nitrogen and oxygen atoms in total. The minimum absolute atomic E-state index is 0.164. The van der Waals surface area contributed by atoms with Gasteiger partial charge in [0.05, 0.1) is 0 Å². The average Bonchev–Trinajstić information content (AvgIpc) is 3.25. The summed E-state index contributed by atoms with van der Waals surface area (Å²) in [5.41, 5.74) is -2.03. The van der Waals surface area contributed by atoms with Crippen LogP contribution in [0.5, 0.6) is 0 Å². The van der Waals surface area contributed by atoms with Crippen LogP contribution < -0.4 is 15.4 Å². The lowest BCUT2D eigenvalue weighted by atomic mass is 10.0. The number of nitrogens with zero attached hydrogens (tertiary/aromatic N) is 2. The monoisotopic (exact) mass is 583 g/mol. The van der Waals surface area contributed by atoms with E-state index in [0.717, 1.165) is 44.9 Å². The molecule has 1 saturated carbocycles. The van der Waals surface area contributed by atoms with Crippen LogP contribution in [-0.2, 0) is 29.3 Å². The Balaban J connectivity index is 1.52. The topological polar surface area (TPSA) is 154 Å². The summed E-state index contributed by atoms with van der Waals surface area (Å²) in [7, 11) is -4.00. The van der Waals surface area contributed by atoms with E-state index in [9.17, 15) is 27.6 Å². The highest BCUT2D eigenvalue weighted by molar-refractivity contribution is 7.87. The Bertz CT molecular complexity index is 1090. The molecule has 4 atom stereocenters. The molecule has 0 bridgehead atoms. The van der Waals surface area contributed by atoms with Crippen LogP contribution in [0, 0.1) is 5.92 Å². The third-order valence-corrected chi connectivity index (χ3v) is 9.84. The highest BCUT2D eigenvalue weighted by Crippen LogP contribution is 2.48. The zero-order chi connectivity index (χ0) is 29.1. The summed E-state index contributed by atoms with van der Waals surface area (Å²) >= 11 is 0. The van der Waals surface area contributed by atoms with Gasteiger partial charge in [-0.05, 0) is 71.6 Å². The molecule has 4 aliphatic rings. The van der Waals surface area contributed by atoms with Crippen LogP contribution in [0.2, 0.25) is 0 Å². The van der Waals surface area contributed by atoms with Gasteiger partial charge in [0.15, 0.2) is 0 Å². The summed E-state index contributed by atoms with van der Waals surface area (Å²) in [5, 5.41) is 5.61. The van der Waals surface area contributed by atoms with E-state index < -0.39 is 51.3 Å². The van der Waals surface area contributed by atoms with Crippen LogP contribution in [0.3, 0.4) is 0 Å². The fourth-order valence-electron chi connectivity index (χ4n) is 6.15. The quantitative estimate of drug-likeness (QED) is 0.457. The number of alkyl carbamates (subject to hydrolysis) is 1. The molecule has 0 unspecified atom stereocenters. The number of carbonyl (C=O) groups is 4. The Morgan fingerprint density at radius 2 is 1.57 bits per heavy atom. The minimum atomic E-state index is -4.00. The third kappa shape index (κ3) is 7.26. The molecule has 0 aromatic heterocycles. The standard InChI is InChI=1S/C27H45N5O7S/c1-26(2,3)39-25(36)28-20-13-8-6-4-5-7-12-19-18-27(19,24(35)30-40(37,38)31-15-9-10-16-31)29-22(33)21-14-11-17-32(21)23(20)34/h19-21H,4-18H2,1-3H3,(H,28,36)(H,29,33)(H,30,35)/t19-,20+,21+,27-/m1/s1. The molecule has 226 valence electrons. The Morgan fingerprint density at radius 3 is 2.25 bits per heavy atom. The second-order valence-electron chi connectivity index (χ2n) is 12.6. The van der Waals surface area contributed by atoms with Crippen LogP contribution in [-0.4, -0.2) is 84.3 Å². The van der Waals surface area contributed by atoms with Crippen molar-refractivity contribution in [2.75, 3.05) is 19.6 Å². The van der Waals surface area contributed by atoms with Crippen molar-refractivity contribution in [3.8, 4) is 0 Å². The first kappa shape index (κ1) is 30.5. The van der Waals surface area contributed by atoms with Gasteiger partial charge in [0, 0.05) is 19.6 Å². The van der Waals surface area contributed by atoms with Gasteiger partial charge in [-0.1, -0.05) is 32.1 Å². The number of nitrogens with one attached hydrogen (secondary N) is 3. The first-order valence-electron chi connectivity index (χ1n) is 14.8. The highest BCUT2D eigenvalue weighted by atomic mass is 32.2. The first-order chi connectivity index (χ1) is 18.8. The molecule has 3 saturated heterocycles. The lowest BCUT2D eigenvalue weighted by molar-refractivity contribution is -0.141. The van der Waals surface area contributed by atoms with Gasteiger partial charge in [0.2, 0.25) is 11.8 Å². The molecule has 4 amide bonds. The predicted octanol–water partition coefficient (Wildman–Crippen LogP) is 1.95. The summed E-state index contributed by atoms with van der Waals surface area (Å²) in [4.78, 5) is 54.7. The molecule has 4 fully saturated rings. The van der Waals surface area contributed by atoms with Crippen LogP contribution in [0.15, 0.2) is 0 Å². The summed E-state index contributed by atoms with van der Waals surface area (Å²) in [6.07, 6.45) is 7.66. The third-order valence-electron chi connectivity index (χ3n) is 8.36. The van der Waals surface area contributed by atoms with Gasteiger partial charge in [-0.15, -0.1) is 0 Å². The molecule has 0 aromatic carbocycles. The van der Waals surface area contributed by atoms with E-state index in [0.29, 0.717) is 51.7 Å². The second-order valence-corrected chi connectivity index (χ2v) is 14.3. The van der Waals surface area contributed by atoms with Crippen molar-refractivity contribution in [1.29, 1.82) is 0 Å².